The summed E-state index contributed by atoms with van der Waals surface area (Å²) in [6.45, 7) is 3.59. The Balaban J connectivity index is 1.47. The quantitative estimate of drug-likeness (QED) is 0.438. The molecule has 4 rings (SSSR count). The summed E-state index contributed by atoms with van der Waals surface area (Å²) in [7, 11) is -3.91. The van der Waals surface area contributed by atoms with Crippen LogP contribution in [0.4, 0.5) is 5.69 Å². The molecule has 2 aromatic carbocycles. The molecule has 0 bridgehead atoms. The number of benzene rings is 2. The van der Waals surface area contributed by atoms with Crippen LogP contribution in [0.25, 0.3) is 0 Å². The van der Waals surface area contributed by atoms with Crippen molar-refractivity contribution < 1.29 is 22.8 Å². The lowest BCUT2D eigenvalue weighted by atomic mass is 10.1. The van der Waals surface area contributed by atoms with E-state index in [-0.39, 0.29) is 28.1 Å². The first-order valence-corrected chi connectivity index (χ1v) is 13.3. The van der Waals surface area contributed by atoms with Crippen LogP contribution in [-0.2, 0) is 14.8 Å². The van der Waals surface area contributed by atoms with Gasteiger partial charge in [-0.05, 0) is 41.8 Å². The van der Waals surface area contributed by atoms with Gasteiger partial charge in [0.1, 0.15) is 19.1 Å². The van der Waals surface area contributed by atoms with Crippen LogP contribution in [0.3, 0.4) is 0 Å². The third kappa shape index (κ3) is 5.93. The van der Waals surface area contributed by atoms with Crippen molar-refractivity contribution in [3.63, 3.8) is 0 Å². The van der Waals surface area contributed by atoms with E-state index in [1.54, 1.807) is 47.7 Å². The zero-order chi connectivity index (χ0) is 23.3. The number of para-hydroxylation sites is 1. The van der Waals surface area contributed by atoms with Gasteiger partial charge in [-0.2, -0.15) is 0 Å². The first-order chi connectivity index (χ1) is 15.9. The predicted octanol–water partition coefficient (Wildman–Crippen LogP) is 2.59. The summed E-state index contributed by atoms with van der Waals surface area (Å²) in [6, 6.07) is 16.8. The number of hydrogen-bond donors (Lipinski definition) is 3. The molecule has 1 aromatic heterocycles. The van der Waals surface area contributed by atoms with E-state index in [1.165, 1.54) is 21.9 Å². The van der Waals surface area contributed by atoms with Crippen LogP contribution in [0, 0.1) is 0 Å². The lowest BCUT2D eigenvalue weighted by Gasteiger charge is -2.31. The van der Waals surface area contributed by atoms with Crippen LogP contribution in [0.1, 0.15) is 21.3 Å². The van der Waals surface area contributed by atoms with Crippen molar-refractivity contribution in [1.29, 1.82) is 0 Å². The van der Waals surface area contributed by atoms with Crippen LogP contribution in [0.15, 0.2) is 70.9 Å². The largest absolute Gasteiger partial charge is 0.370 e. The summed E-state index contributed by atoms with van der Waals surface area (Å²) in [5.74, 6) is -0.320. The van der Waals surface area contributed by atoms with E-state index in [1.807, 2.05) is 11.4 Å². The molecule has 0 saturated carbocycles. The van der Waals surface area contributed by atoms with Gasteiger partial charge in [-0.25, -0.2) is 8.42 Å². The van der Waals surface area contributed by atoms with Gasteiger partial charge < -0.3 is 15.0 Å². The Bertz CT molecular complexity index is 1200. The van der Waals surface area contributed by atoms with Crippen molar-refractivity contribution in [3.8, 4) is 0 Å². The van der Waals surface area contributed by atoms with E-state index < -0.39 is 10.0 Å². The van der Waals surface area contributed by atoms with E-state index in [0.717, 1.165) is 13.1 Å². The number of hydrogen-bond acceptors (Lipinski definition) is 5. The summed E-state index contributed by atoms with van der Waals surface area (Å²) in [6.07, 6.45) is 0. The third-order valence-electron chi connectivity index (χ3n) is 5.51. The molecule has 7 nitrogen and oxygen atoms in total. The number of amides is 1. The molecule has 1 amide bonds. The van der Waals surface area contributed by atoms with E-state index >= 15 is 0 Å². The zero-order valence-corrected chi connectivity index (χ0v) is 20.2. The second-order valence-corrected chi connectivity index (χ2v) is 10.7. The molecule has 0 aliphatic carbocycles. The zero-order valence-electron chi connectivity index (χ0n) is 17.8. The Labute approximate surface area is 202 Å². The van der Waals surface area contributed by atoms with Crippen LogP contribution in [0.5, 0.6) is 0 Å². The Morgan fingerprint density at radius 1 is 1.09 bits per heavy atom. The van der Waals surface area contributed by atoms with Crippen LogP contribution < -0.4 is 14.9 Å². The molecule has 1 atom stereocenters. The molecule has 3 N–H and O–H groups in total. The average molecular weight is 507 g/mol. The number of carbonyl (C=O) groups excluding carboxylic acids is 1. The normalized spacial score (nSPS) is 15.7. The van der Waals surface area contributed by atoms with Crippen LogP contribution >= 0.6 is 22.9 Å². The Hall–Kier alpha value is -2.43. The molecule has 1 saturated heterocycles. The molecule has 1 fully saturated rings. The number of quaternary nitrogens is 1. The molecule has 0 unspecified atom stereocenters. The number of thiophene rings is 1. The van der Waals surface area contributed by atoms with E-state index in [4.69, 9.17) is 16.3 Å². The van der Waals surface area contributed by atoms with E-state index in [9.17, 15) is 13.2 Å². The van der Waals surface area contributed by atoms with Crippen molar-refractivity contribution >= 4 is 44.6 Å². The van der Waals surface area contributed by atoms with Gasteiger partial charge in [0.15, 0.2) is 0 Å². The number of sulfonamides is 1. The van der Waals surface area contributed by atoms with Gasteiger partial charge in [0, 0.05) is 5.56 Å². The summed E-state index contributed by atoms with van der Waals surface area (Å²) in [4.78, 5) is 15.5. The SMILES string of the molecule is O=C(NC[C@H](c1cccs1)[NH+]1CCOCC1)c1cccc(S(=O)(=O)Nc2ccccc2Cl)c1. The van der Waals surface area contributed by atoms with E-state index in [0.29, 0.717) is 24.8 Å². The minimum absolute atomic E-state index is 0.0105. The fraction of sp³-hybridized carbons (Fsp3) is 0.261. The molecule has 10 heteroatoms. The van der Waals surface area contributed by atoms with Crippen molar-refractivity contribution in [2.75, 3.05) is 37.6 Å². The number of ether oxygens (including phenoxy) is 1. The smallest absolute Gasteiger partial charge is 0.261 e. The van der Waals surface area contributed by atoms with Crippen LogP contribution in [0.2, 0.25) is 5.02 Å². The minimum Gasteiger partial charge on any atom is -0.370 e. The van der Waals surface area contributed by atoms with Gasteiger partial charge in [0.25, 0.3) is 15.9 Å². The topological polar surface area (TPSA) is 88.9 Å². The molecule has 174 valence electrons. The number of nitrogens with one attached hydrogen (secondary N) is 3. The fourth-order valence-corrected chi connectivity index (χ4v) is 6.02. The lowest BCUT2D eigenvalue weighted by Crippen LogP contribution is -3.15. The number of halogens is 1. The van der Waals surface area contributed by atoms with Crippen molar-refractivity contribution in [3.05, 3.63) is 81.5 Å². The third-order valence-corrected chi connectivity index (χ3v) is 8.18. The highest BCUT2D eigenvalue weighted by atomic mass is 35.5. The molecule has 3 aromatic rings. The van der Waals surface area contributed by atoms with Crippen molar-refractivity contribution in [1.82, 2.24) is 5.32 Å². The molecule has 0 spiro atoms. The van der Waals surface area contributed by atoms with Gasteiger partial charge in [-0.1, -0.05) is 35.9 Å². The summed E-state index contributed by atoms with van der Waals surface area (Å²) in [5, 5.41) is 5.32. The van der Waals surface area contributed by atoms with Gasteiger partial charge >= 0.3 is 0 Å². The molecule has 2 heterocycles. The standard InChI is InChI=1S/C23H24ClN3O4S2/c24-19-7-1-2-8-20(19)26-33(29,30)18-6-3-5-17(15-18)23(28)25-16-21(22-9-4-14-32-22)27-10-12-31-13-11-27/h1-9,14-15,21,26H,10-13,16H2,(H,25,28)/p+1/t21-/m1/s1. The molecule has 33 heavy (non-hydrogen) atoms. The minimum atomic E-state index is -3.91. The van der Waals surface area contributed by atoms with E-state index in [2.05, 4.69) is 16.1 Å². The lowest BCUT2D eigenvalue weighted by molar-refractivity contribution is -0.937. The van der Waals surface area contributed by atoms with Gasteiger partial charge in [-0.3, -0.25) is 9.52 Å². The highest BCUT2D eigenvalue weighted by molar-refractivity contribution is 7.92. The molecule has 1 aliphatic heterocycles. The maximum atomic E-state index is 12.9. The first-order valence-electron chi connectivity index (χ1n) is 10.6. The Kier molecular flexibility index (Phi) is 7.67. The highest BCUT2D eigenvalue weighted by Gasteiger charge is 2.28. The Morgan fingerprint density at radius 3 is 2.61 bits per heavy atom. The maximum absolute atomic E-state index is 12.9. The van der Waals surface area contributed by atoms with Gasteiger partial charge in [0.05, 0.1) is 40.2 Å². The summed E-state index contributed by atoms with van der Waals surface area (Å²) < 4.78 is 33.6. The van der Waals surface area contributed by atoms with Crippen molar-refractivity contribution in [2.24, 2.45) is 0 Å². The molecule has 1 aliphatic rings. The number of rotatable bonds is 8. The van der Waals surface area contributed by atoms with Crippen LogP contribution in [-0.4, -0.2) is 47.2 Å². The molecule has 0 radical (unpaired) electrons. The highest BCUT2D eigenvalue weighted by Crippen LogP contribution is 2.24. The number of carbonyl (C=O) groups is 1. The predicted molar refractivity (Wildman–Crippen MR) is 130 cm³/mol. The monoisotopic (exact) mass is 506 g/mol. The second kappa shape index (κ2) is 10.7. The van der Waals surface area contributed by atoms with Crippen molar-refractivity contribution in [2.45, 2.75) is 10.9 Å². The fourth-order valence-electron chi connectivity index (χ4n) is 3.77. The number of morpholine rings is 1. The second-order valence-electron chi connectivity index (χ2n) is 7.66. The number of anilines is 1. The Morgan fingerprint density at radius 2 is 1.88 bits per heavy atom. The van der Waals surface area contributed by atoms with Gasteiger partial charge in [0.2, 0.25) is 0 Å². The average Bonchev–Trinajstić information content (AvgIpc) is 3.36. The molecular weight excluding hydrogens is 482 g/mol. The molecular formula is C23H25ClN3O4S2+. The van der Waals surface area contributed by atoms with Gasteiger partial charge in [-0.15, -0.1) is 11.3 Å². The summed E-state index contributed by atoms with van der Waals surface area (Å²) >= 11 is 7.75. The first kappa shape index (κ1) is 23.7. The maximum Gasteiger partial charge on any atom is 0.261 e. The summed E-state index contributed by atoms with van der Waals surface area (Å²) in [5.41, 5.74) is 0.556.